The molecule has 3 heterocycles. The Balaban J connectivity index is 1.56. The van der Waals surface area contributed by atoms with E-state index in [9.17, 15) is 46.0 Å². The molecule has 0 aromatic carbocycles. The summed E-state index contributed by atoms with van der Waals surface area (Å²) in [6.45, 7) is -0.839. The first-order chi connectivity index (χ1) is 19.6. The van der Waals surface area contributed by atoms with Gasteiger partial charge in [-0.2, -0.15) is 0 Å². The number of aliphatic hydroxyl groups excluding tert-OH is 9. The number of unbranched alkanes of at least 4 members (excludes halogenated alkanes) is 5. The van der Waals surface area contributed by atoms with Crippen LogP contribution in [0, 0.1) is 0 Å². The number of aliphatic hydroxyl groups is 9. The molecule has 0 radical (unpaired) electrons. The quantitative estimate of drug-likeness (QED) is 0.0746. The van der Waals surface area contributed by atoms with E-state index in [-0.39, 0.29) is 0 Å². The fourth-order valence-electron chi connectivity index (χ4n) is 5.00. The smallest absolute Gasteiger partial charge is 0.187 e. The predicted molar refractivity (Wildman–Crippen MR) is 136 cm³/mol. The van der Waals surface area contributed by atoms with Crippen LogP contribution in [0.25, 0.3) is 0 Å². The molecule has 3 saturated heterocycles. The minimum Gasteiger partial charge on any atom is -0.394 e. The van der Waals surface area contributed by atoms with E-state index in [1.54, 1.807) is 0 Å². The van der Waals surface area contributed by atoms with E-state index in [0.29, 0.717) is 13.2 Å². The van der Waals surface area contributed by atoms with Crippen molar-refractivity contribution in [3.05, 3.63) is 0 Å². The summed E-state index contributed by atoms with van der Waals surface area (Å²) in [4.78, 5) is 0. The van der Waals surface area contributed by atoms with Crippen LogP contribution in [0.4, 0.5) is 0 Å². The summed E-state index contributed by atoms with van der Waals surface area (Å²) < 4.78 is 33.3. The van der Waals surface area contributed by atoms with Gasteiger partial charge >= 0.3 is 0 Å². The van der Waals surface area contributed by atoms with Gasteiger partial charge in [0.25, 0.3) is 0 Å². The average molecular weight is 602 g/mol. The molecule has 0 aromatic heterocycles. The molecule has 242 valence electrons. The number of ether oxygens (including phenoxy) is 6. The predicted octanol–water partition coefficient (Wildman–Crippen LogP) is -4.61. The highest BCUT2D eigenvalue weighted by atomic mass is 16.8. The molecular weight excluding hydrogens is 554 g/mol. The third-order valence-corrected chi connectivity index (χ3v) is 7.59. The molecule has 3 aliphatic rings. The van der Waals surface area contributed by atoms with Gasteiger partial charge in [0, 0.05) is 6.61 Å². The molecule has 0 aliphatic carbocycles. The Kier molecular flexibility index (Phi) is 14.5. The highest BCUT2D eigenvalue weighted by Crippen LogP contribution is 2.31. The Morgan fingerprint density at radius 1 is 0.512 bits per heavy atom. The number of nitrogens with two attached hydrogens (primary N) is 1. The van der Waals surface area contributed by atoms with Crippen LogP contribution < -0.4 is 5.73 Å². The molecule has 14 atom stereocenters. The fraction of sp³-hybridized carbons (Fsp3) is 1.00. The first-order valence-corrected chi connectivity index (χ1v) is 14.2. The molecule has 0 unspecified atom stereocenters. The molecule has 0 saturated carbocycles. The highest BCUT2D eigenvalue weighted by molar-refractivity contribution is 4.94. The lowest BCUT2D eigenvalue weighted by Gasteiger charge is -2.46. The zero-order valence-corrected chi connectivity index (χ0v) is 22.9. The molecule has 0 aromatic rings. The molecule has 41 heavy (non-hydrogen) atoms. The van der Waals surface area contributed by atoms with Crippen molar-refractivity contribution < 1.29 is 74.4 Å². The molecule has 0 amide bonds. The van der Waals surface area contributed by atoms with Crippen molar-refractivity contribution in [2.75, 3.05) is 33.0 Å². The summed E-state index contributed by atoms with van der Waals surface area (Å²) in [6, 6.07) is 0. The van der Waals surface area contributed by atoms with Gasteiger partial charge in [-0.25, -0.2) is 0 Å². The van der Waals surface area contributed by atoms with Gasteiger partial charge in [-0.05, 0) is 19.4 Å². The Morgan fingerprint density at radius 3 is 1.66 bits per heavy atom. The van der Waals surface area contributed by atoms with Gasteiger partial charge in [-0.3, -0.25) is 0 Å². The Labute approximate surface area is 238 Å². The van der Waals surface area contributed by atoms with E-state index >= 15 is 0 Å². The molecular formula is C25H47NO15. The SMILES string of the molecule is NCCCCCCCCO[C@@H]1O[C@H](CO[C@H]2O[C@H](CO)[C@@H](O)[C@H](O)[C@@H]2O[C@H]2O[C@H](CO)[C@@H](O)[C@H](O)[C@@H]2O)[C@@H](O)[C@@H]1O. The van der Waals surface area contributed by atoms with Crippen molar-refractivity contribution in [3.8, 4) is 0 Å². The van der Waals surface area contributed by atoms with E-state index < -0.39 is 106 Å². The number of hydrogen-bond donors (Lipinski definition) is 10. The molecule has 0 bridgehead atoms. The van der Waals surface area contributed by atoms with Crippen LogP contribution in [0.5, 0.6) is 0 Å². The standard InChI is InChI=1S/C25H47NO15/c26-7-5-3-1-2-4-6-8-36-23-20(34)17(31)14(40-23)11-37-25-22(19(33)16(30)13(10-28)39-25)41-24-21(35)18(32)15(29)12(9-27)38-24/h12-25,27-35H,1-11,26H2/t12-,13-,14-,15-,16-,17-,18+,19+,20+,21+,22+,23-,24-,25+/m1/s1. The summed E-state index contributed by atoms with van der Waals surface area (Å²) in [6.07, 6.45) is -15.1. The first-order valence-electron chi connectivity index (χ1n) is 14.2. The lowest BCUT2D eigenvalue weighted by Crippen LogP contribution is -2.64. The molecule has 0 spiro atoms. The van der Waals surface area contributed by atoms with Crippen LogP contribution in [-0.4, -0.2) is 165 Å². The van der Waals surface area contributed by atoms with Crippen molar-refractivity contribution in [1.29, 1.82) is 0 Å². The fourth-order valence-corrected chi connectivity index (χ4v) is 5.00. The van der Waals surface area contributed by atoms with Gasteiger partial charge in [0.1, 0.15) is 67.1 Å². The number of hydrogen-bond acceptors (Lipinski definition) is 16. The molecule has 3 aliphatic heterocycles. The van der Waals surface area contributed by atoms with E-state index in [1.165, 1.54) is 0 Å². The first kappa shape index (κ1) is 34.8. The van der Waals surface area contributed by atoms with Crippen molar-refractivity contribution in [1.82, 2.24) is 0 Å². The maximum atomic E-state index is 10.7. The molecule has 16 heteroatoms. The van der Waals surface area contributed by atoms with Crippen LogP contribution in [0.3, 0.4) is 0 Å². The lowest BCUT2D eigenvalue weighted by molar-refractivity contribution is -0.369. The van der Waals surface area contributed by atoms with Crippen molar-refractivity contribution in [2.45, 2.75) is 125 Å². The van der Waals surface area contributed by atoms with Crippen LogP contribution >= 0.6 is 0 Å². The van der Waals surface area contributed by atoms with Crippen molar-refractivity contribution in [3.63, 3.8) is 0 Å². The van der Waals surface area contributed by atoms with Crippen molar-refractivity contribution >= 4 is 0 Å². The van der Waals surface area contributed by atoms with Gasteiger partial charge in [0.05, 0.1) is 19.8 Å². The Morgan fingerprint density at radius 2 is 1.02 bits per heavy atom. The monoisotopic (exact) mass is 601 g/mol. The summed E-state index contributed by atoms with van der Waals surface area (Å²) >= 11 is 0. The van der Waals surface area contributed by atoms with E-state index in [1.807, 2.05) is 0 Å². The van der Waals surface area contributed by atoms with Crippen LogP contribution in [0.15, 0.2) is 0 Å². The van der Waals surface area contributed by atoms with Crippen LogP contribution in [0.2, 0.25) is 0 Å². The second kappa shape index (κ2) is 17.0. The van der Waals surface area contributed by atoms with Gasteiger partial charge < -0.3 is 80.1 Å². The highest BCUT2D eigenvalue weighted by Gasteiger charge is 2.51. The summed E-state index contributed by atoms with van der Waals surface area (Å²) in [7, 11) is 0. The second-order valence-electron chi connectivity index (χ2n) is 10.6. The normalized spacial score (nSPS) is 43.5. The Bertz CT molecular complexity index is 737. The van der Waals surface area contributed by atoms with E-state index in [4.69, 9.17) is 34.2 Å². The van der Waals surface area contributed by atoms with Gasteiger partial charge in [0.2, 0.25) is 0 Å². The maximum Gasteiger partial charge on any atom is 0.187 e. The average Bonchev–Trinajstić information content (AvgIpc) is 3.24. The third-order valence-electron chi connectivity index (χ3n) is 7.59. The minimum atomic E-state index is -1.81. The van der Waals surface area contributed by atoms with E-state index in [0.717, 1.165) is 38.5 Å². The Hall–Kier alpha value is -0.640. The van der Waals surface area contributed by atoms with Gasteiger partial charge in [-0.1, -0.05) is 25.7 Å². The summed E-state index contributed by atoms with van der Waals surface area (Å²) in [5.41, 5.74) is 5.48. The third kappa shape index (κ3) is 8.95. The molecule has 11 N–H and O–H groups in total. The molecule has 3 fully saturated rings. The topological polar surface area (TPSA) is 263 Å². The van der Waals surface area contributed by atoms with Crippen LogP contribution in [-0.2, 0) is 28.4 Å². The summed E-state index contributed by atoms with van der Waals surface area (Å²) in [5, 5.41) is 91.3. The number of rotatable bonds is 16. The van der Waals surface area contributed by atoms with Gasteiger partial charge in [0.15, 0.2) is 18.9 Å². The van der Waals surface area contributed by atoms with E-state index in [2.05, 4.69) is 0 Å². The molecule has 16 nitrogen and oxygen atoms in total. The minimum absolute atomic E-state index is 0.307. The van der Waals surface area contributed by atoms with Crippen molar-refractivity contribution in [2.24, 2.45) is 5.73 Å². The maximum absolute atomic E-state index is 10.7. The second-order valence-corrected chi connectivity index (χ2v) is 10.6. The van der Waals surface area contributed by atoms with Crippen LogP contribution in [0.1, 0.15) is 38.5 Å². The zero-order chi connectivity index (χ0) is 30.1. The lowest BCUT2D eigenvalue weighted by atomic mass is 9.97. The zero-order valence-electron chi connectivity index (χ0n) is 22.9. The van der Waals surface area contributed by atoms with Gasteiger partial charge in [-0.15, -0.1) is 0 Å². The molecule has 3 rings (SSSR count). The largest absolute Gasteiger partial charge is 0.394 e. The summed E-state index contributed by atoms with van der Waals surface area (Å²) in [5.74, 6) is 0.